The van der Waals surface area contributed by atoms with Crippen molar-refractivity contribution >= 4 is 44.0 Å². The summed E-state index contributed by atoms with van der Waals surface area (Å²) in [5.41, 5.74) is 2.31. The zero-order valence-corrected chi connectivity index (χ0v) is 19.5. The van der Waals surface area contributed by atoms with Gasteiger partial charge in [0.05, 0.1) is 21.7 Å². The Labute approximate surface area is 201 Å². The van der Waals surface area contributed by atoms with Crippen molar-refractivity contribution in [1.29, 1.82) is 0 Å². The van der Waals surface area contributed by atoms with E-state index in [1.807, 2.05) is 54.6 Å². The number of para-hydroxylation sites is 1. The highest BCUT2D eigenvalue weighted by Gasteiger charge is 2.24. The molecule has 0 unspecified atom stereocenters. The number of methoxy groups -OCH3 is 1. The molecule has 8 nitrogen and oxygen atoms in total. The largest absolute Gasteiger partial charge is 0.383 e. The van der Waals surface area contributed by atoms with Crippen molar-refractivity contribution in [2.75, 3.05) is 37.0 Å². The van der Waals surface area contributed by atoms with Crippen LogP contribution in [0.3, 0.4) is 0 Å². The van der Waals surface area contributed by atoms with E-state index in [0.29, 0.717) is 36.9 Å². The number of thiazole rings is 1. The molecule has 0 bridgehead atoms. The van der Waals surface area contributed by atoms with Gasteiger partial charge >= 0.3 is 0 Å². The second kappa shape index (κ2) is 10.9. The van der Waals surface area contributed by atoms with E-state index in [0.717, 1.165) is 15.8 Å². The highest BCUT2D eigenvalue weighted by molar-refractivity contribution is 7.22. The van der Waals surface area contributed by atoms with E-state index >= 15 is 0 Å². The number of nitro benzene ring substituents is 1. The lowest BCUT2D eigenvalue weighted by molar-refractivity contribution is -0.384. The van der Waals surface area contributed by atoms with Gasteiger partial charge in [-0.3, -0.25) is 19.8 Å². The summed E-state index contributed by atoms with van der Waals surface area (Å²) in [5.74, 6) is -0.332. The van der Waals surface area contributed by atoms with Crippen LogP contribution in [0, 0.1) is 10.1 Å². The van der Waals surface area contributed by atoms with E-state index in [4.69, 9.17) is 4.74 Å². The van der Waals surface area contributed by atoms with Crippen molar-refractivity contribution in [2.45, 2.75) is 6.42 Å². The zero-order chi connectivity index (χ0) is 23.9. The van der Waals surface area contributed by atoms with Crippen molar-refractivity contribution in [1.82, 2.24) is 4.98 Å². The lowest BCUT2D eigenvalue weighted by Crippen LogP contribution is -2.33. The molecule has 34 heavy (non-hydrogen) atoms. The monoisotopic (exact) mass is 476 g/mol. The normalized spacial score (nSPS) is 10.9. The summed E-state index contributed by atoms with van der Waals surface area (Å²) in [6, 6.07) is 22.1. The molecular formula is C25H24N4O4S. The second-order valence-corrected chi connectivity index (χ2v) is 8.57. The van der Waals surface area contributed by atoms with Crippen LogP contribution < -0.4 is 10.2 Å². The van der Waals surface area contributed by atoms with Crippen LogP contribution in [0.4, 0.5) is 16.5 Å². The number of nitrogens with zero attached hydrogens (tertiary/aromatic N) is 3. The standard InChI is InChI=1S/C25H24N4O4S/c1-33-16-14-26-20-12-11-19(17-22(20)29(31)32)24(30)28(15-13-18-7-3-2-4-8-18)25-27-21-9-5-6-10-23(21)34-25/h2-12,17,26H,13-16H2,1H3. The van der Waals surface area contributed by atoms with Gasteiger partial charge in [-0.1, -0.05) is 53.8 Å². The summed E-state index contributed by atoms with van der Waals surface area (Å²) in [7, 11) is 1.56. The quantitative estimate of drug-likeness (QED) is 0.193. The third kappa shape index (κ3) is 5.38. The number of hydrogen-bond acceptors (Lipinski definition) is 7. The summed E-state index contributed by atoms with van der Waals surface area (Å²) >= 11 is 1.42. The van der Waals surface area contributed by atoms with Crippen LogP contribution in [0.1, 0.15) is 15.9 Å². The number of nitro groups is 1. The SMILES string of the molecule is COCCNc1ccc(C(=O)N(CCc2ccccc2)c2nc3ccccc3s2)cc1[N+](=O)[O-]. The first-order valence-corrected chi connectivity index (χ1v) is 11.6. The minimum absolute atomic E-state index is 0.158. The average Bonchev–Trinajstić information content (AvgIpc) is 3.29. The third-order valence-electron chi connectivity index (χ3n) is 5.29. The Bertz CT molecular complexity index is 1260. The molecule has 0 radical (unpaired) electrons. The van der Waals surface area contributed by atoms with E-state index in [-0.39, 0.29) is 17.2 Å². The predicted octanol–water partition coefficient (Wildman–Crippen LogP) is 5.15. The maximum absolute atomic E-state index is 13.6. The van der Waals surface area contributed by atoms with Crippen molar-refractivity contribution in [3.8, 4) is 0 Å². The van der Waals surface area contributed by atoms with E-state index < -0.39 is 4.92 Å². The number of ether oxygens (including phenoxy) is 1. The molecule has 4 aromatic rings. The van der Waals surface area contributed by atoms with Crippen molar-refractivity contribution < 1.29 is 14.5 Å². The number of rotatable bonds is 10. The van der Waals surface area contributed by atoms with Gasteiger partial charge in [-0.2, -0.15) is 0 Å². The van der Waals surface area contributed by atoms with Gasteiger partial charge in [-0.25, -0.2) is 4.98 Å². The van der Waals surface area contributed by atoms with Crippen molar-refractivity contribution in [2.24, 2.45) is 0 Å². The summed E-state index contributed by atoms with van der Waals surface area (Å²) in [4.78, 5) is 31.1. The molecule has 0 atom stereocenters. The topological polar surface area (TPSA) is 97.6 Å². The molecule has 0 saturated carbocycles. The van der Waals surface area contributed by atoms with Crippen LogP contribution in [0.5, 0.6) is 0 Å². The van der Waals surface area contributed by atoms with Gasteiger partial charge in [0.25, 0.3) is 11.6 Å². The van der Waals surface area contributed by atoms with Crippen LogP contribution in [-0.4, -0.2) is 42.6 Å². The van der Waals surface area contributed by atoms with Gasteiger partial charge in [0.15, 0.2) is 5.13 Å². The fourth-order valence-electron chi connectivity index (χ4n) is 3.55. The number of carbonyl (C=O) groups excluding carboxylic acids is 1. The average molecular weight is 477 g/mol. The van der Waals surface area contributed by atoms with Crippen LogP contribution in [0.25, 0.3) is 10.2 Å². The summed E-state index contributed by atoms with van der Waals surface area (Å²) in [6.45, 7) is 1.21. The predicted molar refractivity (Wildman–Crippen MR) is 135 cm³/mol. The fourth-order valence-corrected chi connectivity index (χ4v) is 4.54. The smallest absolute Gasteiger partial charge is 0.293 e. The number of aromatic nitrogens is 1. The maximum atomic E-state index is 13.6. The minimum Gasteiger partial charge on any atom is -0.383 e. The van der Waals surface area contributed by atoms with Crippen LogP contribution in [0.15, 0.2) is 72.8 Å². The summed E-state index contributed by atoms with van der Waals surface area (Å²) in [5, 5.41) is 15.2. The Morgan fingerprint density at radius 2 is 1.88 bits per heavy atom. The Morgan fingerprint density at radius 3 is 2.62 bits per heavy atom. The lowest BCUT2D eigenvalue weighted by Gasteiger charge is -2.20. The molecule has 1 amide bonds. The van der Waals surface area contributed by atoms with Crippen molar-refractivity contribution in [3.05, 3.63) is 94.0 Å². The van der Waals surface area contributed by atoms with Gasteiger partial charge in [0, 0.05) is 31.8 Å². The molecule has 0 aliphatic carbocycles. The molecule has 174 valence electrons. The first-order chi connectivity index (χ1) is 16.6. The van der Waals surface area contributed by atoms with Crippen LogP contribution in [0.2, 0.25) is 0 Å². The Balaban J connectivity index is 1.66. The molecule has 1 heterocycles. The lowest BCUT2D eigenvalue weighted by atomic mass is 10.1. The third-order valence-corrected chi connectivity index (χ3v) is 6.35. The Kier molecular flexibility index (Phi) is 7.46. The zero-order valence-electron chi connectivity index (χ0n) is 18.6. The van der Waals surface area contributed by atoms with E-state index in [2.05, 4.69) is 10.3 Å². The second-order valence-electron chi connectivity index (χ2n) is 7.57. The number of carbonyl (C=O) groups is 1. The molecule has 0 aliphatic rings. The Morgan fingerprint density at radius 1 is 1.12 bits per heavy atom. The first-order valence-electron chi connectivity index (χ1n) is 10.8. The van der Waals surface area contributed by atoms with Gasteiger partial charge in [0.2, 0.25) is 0 Å². The Hall–Kier alpha value is -3.82. The molecule has 3 aromatic carbocycles. The van der Waals surface area contributed by atoms with E-state index in [9.17, 15) is 14.9 Å². The maximum Gasteiger partial charge on any atom is 0.293 e. The van der Waals surface area contributed by atoms with Gasteiger partial charge in [-0.15, -0.1) is 0 Å². The number of amides is 1. The molecule has 0 fully saturated rings. The fraction of sp³-hybridized carbons (Fsp3) is 0.200. The molecule has 9 heteroatoms. The highest BCUT2D eigenvalue weighted by Crippen LogP contribution is 2.31. The minimum atomic E-state index is -0.488. The van der Waals surface area contributed by atoms with E-state index in [1.54, 1.807) is 24.1 Å². The van der Waals surface area contributed by atoms with Gasteiger partial charge in [-0.05, 0) is 36.2 Å². The number of benzene rings is 3. The number of fused-ring (bicyclic) bond motifs is 1. The highest BCUT2D eigenvalue weighted by atomic mass is 32.1. The van der Waals surface area contributed by atoms with Crippen LogP contribution >= 0.6 is 11.3 Å². The molecule has 0 saturated heterocycles. The number of nitrogens with one attached hydrogen (secondary N) is 1. The van der Waals surface area contributed by atoms with Gasteiger partial charge in [0.1, 0.15) is 5.69 Å². The molecule has 4 rings (SSSR count). The number of anilines is 2. The molecule has 0 aliphatic heterocycles. The van der Waals surface area contributed by atoms with Gasteiger partial charge < -0.3 is 10.1 Å². The summed E-state index contributed by atoms with van der Waals surface area (Å²) < 4.78 is 5.97. The molecule has 1 N–H and O–H groups in total. The molecule has 0 spiro atoms. The first kappa shape index (κ1) is 23.3. The number of hydrogen-bond donors (Lipinski definition) is 1. The molecule has 1 aromatic heterocycles. The van der Waals surface area contributed by atoms with Crippen molar-refractivity contribution in [3.63, 3.8) is 0 Å². The molecular weight excluding hydrogens is 452 g/mol. The summed E-state index contributed by atoms with van der Waals surface area (Å²) in [6.07, 6.45) is 0.626. The van der Waals surface area contributed by atoms with E-state index in [1.165, 1.54) is 17.4 Å². The van der Waals surface area contributed by atoms with Crippen LogP contribution in [-0.2, 0) is 11.2 Å².